The van der Waals surface area contributed by atoms with E-state index in [1.807, 2.05) is 48.9 Å². The molecule has 0 aliphatic rings. The van der Waals surface area contributed by atoms with Crippen LogP contribution in [-0.4, -0.2) is 28.3 Å². The Kier molecular flexibility index (Phi) is 6.56. The van der Waals surface area contributed by atoms with Crippen LogP contribution in [0.1, 0.15) is 32.9 Å². The molecule has 2 aromatic carbocycles. The molecule has 1 heterocycles. The number of carbonyl (C=O) groups is 2. The van der Waals surface area contributed by atoms with E-state index < -0.39 is 30.1 Å². The third-order valence-electron chi connectivity index (χ3n) is 4.60. The molecule has 0 atom stereocenters. The fourth-order valence-electron chi connectivity index (χ4n) is 3.02. The van der Waals surface area contributed by atoms with Gasteiger partial charge in [0.2, 0.25) is 0 Å². The van der Waals surface area contributed by atoms with E-state index in [0.717, 1.165) is 34.6 Å². The van der Waals surface area contributed by atoms with Gasteiger partial charge in [0, 0.05) is 23.9 Å². The summed E-state index contributed by atoms with van der Waals surface area (Å²) < 4.78 is 33.0. The van der Waals surface area contributed by atoms with Gasteiger partial charge in [0.1, 0.15) is 11.6 Å². The van der Waals surface area contributed by atoms with Gasteiger partial charge < -0.3 is 10.1 Å². The zero-order chi connectivity index (χ0) is 21.7. The fourth-order valence-corrected chi connectivity index (χ4v) is 3.02. The maximum absolute atomic E-state index is 13.2. The molecule has 0 unspecified atom stereocenters. The number of nitrogens with one attached hydrogen (secondary N) is 1. The second-order valence-corrected chi connectivity index (χ2v) is 6.80. The van der Waals surface area contributed by atoms with Crippen molar-refractivity contribution in [1.82, 2.24) is 15.1 Å². The van der Waals surface area contributed by atoms with Gasteiger partial charge in [-0.25, -0.2) is 13.6 Å². The molecule has 0 aliphatic heterocycles. The Balaban J connectivity index is 1.55. The van der Waals surface area contributed by atoms with Gasteiger partial charge in [-0.1, -0.05) is 30.3 Å². The smallest absolute Gasteiger partial charge is 0.338 e. The van der Waals surface area contributed by atoms with Crippen molar-refractivity contribution in [2.45, 2.75) is 26.9 Å². The van der Waals surface area contributed by atoms with Crippen molar-refractivity contribution in [3.8, 4) is 0 Å². The minimum atomic E-state index is -0.980. The molecule has 6 nitrogen and oxygen atoms in total. The first-order chi connectivity index (χ1) is 14.3. The van der Waals surface area contributed by atoms with Gasteiger partial charge in [-0.2, -0.15) is 5.10 Å². The van der Waals surface area contributed by atoms with Crippen LogP contribution in [0.2, 0.25) is 0 Å². The van der Waals surface area contributed by atoms with E-state index in [1.54, 1.807) is 0 Å². The third kappa shape index (κ3) is 5.28. The molecule has 0 saturated heterocycles. The normalized spacial score (nSPS) is 10.7. The van der Waals surface area contributed by atoms with Crippen molar-refractivity contribution in [3.63, 3.8) is 0 Å². The molecule has 156 valence electrons. The van der Waals surface area contributed by atoms with Gasteiger partial charge in [0.25, 0.3) is 5.91 Å². The Morgan fingerprint density at radius 1 is 1.07 bits per heavy atom. The highest BCUT2D eigenvalue weighted by molar-refractivity contribution is 5.91. The number of halogens is 2. The predicted molar refractivity (Wildman–Crippen MR) is 106 cm³/mol. The van der Waals surface area contributed by atoms with Crippen LogP contribution in [0, 0.1) is 25.5 Å². The van der Waals surface area contributed by atoms with E-state index in [9.17, 15) is 18.4 Å². The lowest BCUT2D eigenvalue weighted by molar-refractivity contribution is -0.124. The Hall–Kier alpha value is -3.55. The number of ether oxygens (including phenoxy) is 1. The van der Waals surface area contributed by atoms with Gasteiger partial charge in [-0.3, -0.25) is 9.48 Å². The molecule has 0 aliphatic carbocycles. The Morgan fingerprint density at radius 3 is 2.40 bits per heavy atom. The minimum absolute atomic E-state index is 0.220. The van der Waals surface area contributed by atoms with Crippen LogP contribution in [0.3, 0.4) is 0 Å². The molecular weight excluding hydrogens is 392 g/mol. The summed E-state index contributed by atoms with van der Waals surface area (Å²) in [7, 11) is 0. The molecule has 0 radical (unpaired) electrons. The molecule has 0 fully saturated rings. The number of aromatic nitrogens is 2. The van der Waals surface area contributed by atoms with Crippen molar-refractivity contribution < 1.29 is 23.1 Å². The van der Waals surface area contributed by atoms with Gasteiger partial charge in [-0.15, -0.1) is 0 Å². The number of nitrogens with zero attached hydrogens (tertiary/aromatic N) is 2. The van der Waals surface area contributed by atoms with Crippen molar-refractivity contribution in [3.05, 3.63) is 88.2 Å². The number of rotatable bonds is 7. The average molecular weight is 413 g/mol. The molecule has 1 N–H and O–H groups in total. The van der Waals surface area contributed by atoms with Gasteiger partial charge in [-0.05, 0) is 31.5 Å². The van der Waals surface area contributed by atoms with Crippen molar-refractivity contribution >= 4 is 11.9 Å². The highest BCUT2D eigenvalue weighted by atomic mass is 19.1. The minimum Gasteiger partial charge on any atom is -0.452 e. The Morgan fingerprint density at radius 2 is 1.73 bits per heavy atom. The summed E-state index contributed by atoms with van der Waals surface area (Å²) in [5.74, 6) is -3.31. The van der Waals surface area contributed by atoms with Crippen molar-refractivity contribution in [2.75, 3.05) is 6.61 Å². The van der Waals surface area contributed by atoms with Crippen molar-refractivity contribution in [1.29, 1.82) is 0 Å². The third-order valence-corrected chi connectivity index (χ3v) is 4.60. The van der Waals surface area contributed by atoms with Crippen LogP contribution in [0.25, 0.3) is 0 Å². The molecule has 3 aromatic rings. The van der Waals surface area contributed by atoms with Crippen LogP contribution in [0.5, 0.6) is 0 Å². The first-order valence-electron chi connectivity index (χ1n) is 9.30. The number of hydrogen-bond acceptors (Lipinski definition) is 4. The zero-order valence-corrected chi connectivity index (χ0v) is 16.6. The topological polar surface area (TPSA) is 73.2 Å². The van der Waals surface area contributed by atoms with Crippen LogP contribution < -0.4 is 5.32 Å². The molecule has 3 rings (SSSR count). The van der Waals surface area contributed by atoms with Crippen LogP contribution in [-0.2, 0) is 22.6 Å². The number of hydrogen-bond donors (Lipinski definition) is 1. The fraction of sp³-hybridized carbons (Fsp3) is 0.227. The molecule has 1 aromatic heterocycles. The lowest BCUT2D eigenvalue weighted by Gasteiger charge is -2.08. The van der Waals surface area contributed by atoms with E-state index in [4.69, 9.17) is 4.74 Å². The van der Waals surface area contributed by atoms with E-state index in [-0.39, 0.29) is 12.1 Å². The molecule has 0 bridgehead atoms. The monoisotopic (exact) mass is 413 g/mol. The zero-order valence-electron chi connectivity index (χ0n) is 16.6. The molecular formula is C22H21F2N3O3. The summed E-state index contributed by atoms with van der Waals surface area (Å²) in [5, 5.41) is 7.19. The number of aryl methyl sites for hydroxylation is 1. The van der Waals surface area contributed by atoms with E-state index in [0.29, 0.717) is 12.6 Å². The number of esters is 1. The SMILES string of the molecule is Cc1nn(Cc2ccccc2)c(C)c1CNC(=O)COC(=O)c1cc(F)cc(F)c1. The highest BCUT2D eigenvalue weighted by Gasteiger charge is 2.15. The summed E-state index contributed by atoms with van der Waals surface area (Å²) in [5.41, 5.74) is 3.39. The molecule has 0 saturated carbocycles. The largest absolute Gasteiger partial charge is 0.452 e. The second kappa shape index (κ2) is 9.30. The van der Waals surface area contributed by atoms with E-state index in [2.05, 4.69) is 10.4 Å². The van der Waals surface area contributed by atoms with Crippen LogP contribution >= 0.6 is 0 Å². The molecule has 8 heteroatoms. The first-order valence-corrected chi connectivity index (χ1v) is 9.30. The van der Waals surface area contributed by atoms with Gasteiger partial charge in [0.05, 0.1) is 17.8 Å². The Labute approximate surface area is 172 Å². The standard InChI is InChI=1S/C22H21F2N3O3/c1-14-20(15(2)27(26-14)12-16-6-4-3-5-7-16)11-25-21(28)13-30-22(29)17-8-18(23)10-19(24)9-17/h3-10H,11-13H2,1-2H3,(H,25,28). The maximum atomic E-state index is 13.2. The molecule has 30 heavy (non-hydrogen) atoms. The first kappa shape index (κ1) is 21.2. The summed E-state index contributed by atoms with van der Waals surface area (Å²) in [6.45, 7) is 4.05. The van der Waals surface area contributed by atoms with E-state index >= 15 is 0 Å². The van der Waals surface area contributed by atoms with Gasteiger partial charge in [0.15, 0.2) is 6.61 Å². The summed E-state index contributed by atoms with van der Waals surface area (Å²) in [4.78, 5) is 23.9. The highest BCUT2D eigenvalue weighted by Crippen LogP contribution is 2.15. The number of benzene rings is 2. The molecule has 0 spiro atoms. The maximum Gasteiger partial charge on any atom is 0.338 e. The van der Waals surface area contributed by atoms with Gasteiger partial charge >= 0.3 is 5.97 Å². The summed E-state index contributed by atoms with van der Waals surface area (Å²) >= 11 is 0. The van der Waals surface area contributed by atoms with Crippen molar-refractivity contribution in [2.24, 2.45) is 0 Å². The number of amides is 1. The lowest BCUT2D eigenvalue weighted by Crippen LogP contribution is -2.28. The summed E-state index contributed by atoms with van der Waals surface area (Å²) in [6.07, 6.45) is 0. The quantitative estimate of drug-likeness (QED) is 0.604. The lowest BCUT2D eigenvalue weighted by atomic mass is 10.2. The predicted octanol–water partition coefficient (Wildman–Crippen LogP) is 3.30. The summed E-state index contributed by atoms with van der Waals surface area (Å²) in [6, 6.07) is 12.2. The number of carbonyl (C=O) groups excluding carboxylic acids is 2. The molecule has 1 amide bonds. The Bertz CT molecular complexity index is 1040. The van der Waals surface area contributed by atoms with E-state index in [1.165, 1.54) is 0 Å². The average Bonchev–Trinajstić information content (AvgIpc) is 2.97. The van der Waals surface area contributed by atoms with Crippen LogP contribution in [0.4, 0.5) is 8.78 Å². The van der Waals surface area contributed by atoms with Crippen LogP contribution in [0.15, 0.2) is 48.5 Å². The second-order valence-electron chi connectivity index (χ2n) is 6.80.